The molecule has 104 valence electrons. The maximum atomic E-state index is 12.4. The number of carbonyl (C=O) groups is 1. The van der Waals surface area contributed by atoms with Gasteiger partial charge in [-0.05, 0) is 37.1 Å². The van der Waals surface area contributed by atoms with E-state index in [4.69, 9.17) is 16.7 Å². The largest absolute Gasteiger partial charge is 0.481 e. The van der Waals surface area contributed by atoms with E-state index in [0.29, 0.717) is 5.02 Å². The Morgan fingerprint density at radius 1 is 1.32 bits per heavy atom. The van der Waals surface area contributed by atoms with Gasteiger partial charge in [0.05, 0.1) is 11.3 Å². The molecule has 0 aromatic heterocycles. The molecular weight excluding hydrogens is 290 g/mol. The zero-order valence-corrected chi connectivity index (χ0v) is 11.7. The summed E-state index contributed by atoms with van der Waals surface area (Å²) in [7, 11) is -3.64. The molecule has 5 nitrogen and oxygen atoms in total. The molecule has 0 amide bonds. The molecule has 0 bridgehead atoms. The highest BCUT2D eigenvalue weighted by Crippen LogP contribution is 2.32. The van der Waals surface area contributed by atoms with Crippen LogP contribution in [-0.4, -0.2) is 36.4 Å². The molecule has 0 spiro atoms. The molecule has 0 radical (unpaired) electrons. The number of carboxylic acid groups (broad SMARTS) is 1. The fourth-order valence-electron chi connectivity index (χ4n) is 1.81. The number of hydrogen-bond donors (Lipinski definition) is 1. The molecule has 0 unspecified atom stereocenters. The van der Waals surface area contributed by atoms with Crippen molar-refractivity contribution >= 4 is 27.6 Å². The molecular formula is C12H14ClNO4S. The van der Waals surface area contributed by atoms with E-state index in [1.54, 1.807) is 0 Å². The van der Waals surface area contributed by atoms with Gasteiger partial charge in [-0.25, -0.2) is 8.42 Å². The second-order valence-corrected chi connectivity index (χ2v) is 6.77. The van der Waals surface area contributed by atoms with Crippen LogP contribution >= 0.6 is 11.6 Å². The molecule has 0 atom stereocenters. The quantitative estimate of drug-likeness (QED) is 0.872. The van der Waals surface area contributed by atoms with Crippen molar-refractivity contribution in [3.05, 3.63) is 29.3 Å². The minimum atomic E-state index is -3.64. The van der Waals surface area contributed by atoms with Crippen LogP contribution in [0.5, 0.6) is 0 Å². The fraction of sp³-hybridized carbons (Fsp3) is 0.417. The Balaban J connectivity index is 2.23. The number of benzene rings is 1. The van der Waals surface area contributed by atoms with E-state index < -0.39 is 16.0 Å². The van der Waals surface area contributed by atoms with E-state index in [1.165, 1.54) is 28.6 Å². The van der Waals surface area contributed by atoms with E-state index in [2.05, 4.69) is 0 Å². The maximum Gasteiger partial charge on any atom is 0.304 e. The van der Waals surface area contributed by atoms with Gasteiger partial charge in [0, 0.05) is 17.6 Å². The normalized spacial score (nSPS) is 15.7. The Hall–Kier alpha value is -1.11. The molecule has 1 N–H and O–H groups in total. The summed E-state index contributed by atoms with van der Waals surface area (Å²) in [5.41, 5.74) is 0. The number of rotatable bonds is 6. The molecule has 2 rings (SSSR count). The summed E-state index contributed by atoms with van der Waals surface area (Å²) >= 11 is 5.73. The minimum Gasteiger partial charge on any atom is -0.481 e. The van der Waals surface area contributed by atoms with Gasteiger partial charge in [0.15, 0.2) is 0 Å². The molecule has 1 saturated carbocycles. The predicted octanol–water partition coefficient (Wildman–Crippen LogP) is 1.97. The van der Waals surface area contributed by atoms with Crippen molar-refractivity contribution in [1.82, 2.24) is 4.31 Å². The van der Waals surface area contributed by atoms with Crippen molar-refractivity contribution in [2.75, 3.05) is 6.54 Å². The molecule has 1 fully saturated rings. The monoisotopic (exact) mass is 303 g/mol. The van der Waals surface area contributed by atoms with Gasteiger partial charge in [0.25, 0.3) is 0 Å². The molecule has 0 heterocycles. The molecule has 1 aliphatic carbocycles. The topological polar surface area (TPSA) is 74.7 Å². The van der Waals surface area contributed by atoms with E-state index in [1.807, 2.05) is 0 Å². The van der Waals surface area contributed by atoms with Gasteiger partial charge < -0.3 is 5.11 Å². The standard InChI is InChI=1S/C12H14ClNO4S/c13-9-1-5-11(6-2-9)19(17,18)14(10-3-4-10)8-7-12(15)16/h1-2,5-6,10H,3-4,7-8H2,(H,15,16). The zero-order chi connectivity index (χ0) is 14.0. The average molecular weight is 304 g/mol. The van der Waals surface area contributed by atoms with Crippen molar-refractivity contribution in [3.63, 3.8) is 0 Å². The Bertz CT molecular complexity index is 566. The molecule has 19 heavy (non-hydrogen) atoms. The van der Waals surface area contributed by atoms with Gasteiger partial charge in [-0.15, -0.1) is 0 Å². The Morgan fingerprint density at radius 3 is 2.37 bits per heavy atom. The number of halogens is 1. The van der Waals surface area contributed by atoms with Gasteiger partial charge in [0.1, 0.15) is 0 Å². The van der Waals surface area contributed by atoms with Crippen molar-refractivity contribution in [2.24, 2.45) is 0 Å². The van der Waals surface area contributed by atoms with Gasteiger partial charge >= 0.3 is 5.97 Å². The molecule has 7 heteroatoms. The summed E-state index contributed by atoms with van der Waals surface area (Å²) < 4.78 is 26.1. The van der Waals surface area contributed by atoms with Crippen LogP contribution in [0, 0.1) is 0 Å². The van der Waals surface area contributed by atoms with E-state index in [-0.39, 0.29) is 23.9 Å². The number of sulfonamides is 1. The molecule has 0 saturated heterocycles. The van der Waals surface area contributed by atoms with Crippen LogP contribution in [-0.2, 0) is 14.8 Å². The third-order valence-corrected chi connectivity index (χ3v) is 5.14. The lowest BCUT2D eigenvalue weighted by atomic mass is 10.4. The highest BCUT2D eigenvalue weighted by Gasteiger charge is 2.37. The van der Waals surface area contributed by atoms with Crippen LogP contribution in [0.2, 0.25) is 5.02 Å². The van der Waals surface area contributed by atoms with Crippen molar-refractivity contribution in [1.29, 1.82) is 0 Å². The minimum absolute atomic E-state index is 0.00492. The first-order valence-electron chi connectivity index (χ1n) is 5.90. The third-order valence-electron chi connectivity index (χ3n) is 2.92. The number of aliphatic carboxylic acids is 1. The predicted molar refractivity (Wildman–Crippen MR) is 70.6 cm³/mol. The average Bonchev–Trinajstić information content (AvgIpc) is 3.13. The van der Waals surface area contributed by atoms with Crippen LogP contribution in [0.4, 0.5) is 0 Å². The van der Waals surface area contributed by atoms with E-state index >= 15 is 0 Å². The SMILES string of the molecule is O=C(O)CCN(C1CC1)S(=O)(=O)c1ccc(Cl)cc1. The van der Waals surface area contributed by atoms with Crippen LogP contribution < -0.4 is 0 Å². The highest BCUT2D eigenvalue weighted by atomic mass is 35.5. The Labute approximate surface area is 116 Å². The van der Waals surface area contributed by atoms with Crippen LogP contribution in [0.1, 0.15) is 19.3 Å². The van der Waals surface area contributed by atoms with E-state index in [0.717, 1.165) is 12.8 Å². The summed E-state index contributed by atoms with van der Waals surface area (Å²) in [6.07, 6.45) is 1.38. The number of carboxylic acids is 1. The van der Waals surface area contributed by atoms with Crippen molar-refractivity contribution < 1.29 is 18.3 Å². The van der Waals surface area contributed by atoms with Gasteiger partial charge in [-0.2, -0.15) is 4.31 Å². The first-order chi connectivity index (χ1) is 8.91. The maximum absolute atomic E-state index is 12.4. The lowest BCUT2D eigenvalue weighted by molar-refractivity contribution is -0.137. The summed E-state index contributed by atoms with van der Waals surface area (Å²) in [4.78, 5) is 10.8. The summed E-state index contributed by atoms with van der Waals surface area (Å²) in [6.45, 7) is 0.00492. The van der Waals surface area contributed by atoms with Crippen LogP contribution in [0.15, 0.2) is 29.2 Å². The fourth-order valence-corrected chi connectivity index (χ4v) is 3.62. The second-order valence-electron chi connectivity index (χ2n) is 4.44. The van der Waals surface area contributed by atoms with E-state index in [9.17, 15) is 13.2 Å². The second kappa shape index (κ2) is 5.48. The van der Waals surface area contributed by atoms with Gasteiger partial charge in [0.2, 0.25) is 10.0 Å². The highest BCUT2D eigenvalue weighted by molar-refractivity contribution is 7.89. The molecule has 1 aromatic carbocycles. The first-order valence-corrected chi connectivity index (χ1v) is 7.72. The lowest BCUT2D eigenvalue weighted by Crippen LogP contribution is -2.35. The number of nitrogens with zero attached hydrogens (tertiary/aromatic N) is 1. The van der Waals surface area contributed by atoms with Gasteiger partial charge in [-0.1, -0.05) is 11.6 Å². The molecule has 0 aliphatic heterocycles. The summed E-state index contributed by atoms with van der Waals surface area (Å²) in [5.74, 6) is -1.00. The van der Waals surface area contributed by atoms with Gasteiger partial charge in [-0.3, -0.25) is 4.79 Å². The van der Waals surface area contributed by atoms with Crippen molar-refractivity contribution in [3.8, 4) is 0 Å². The van der Waals surface area contributed by atoms with Crippen LogP contribution in [0.25, 0.3) is 0 Å². The molecule has 1 aromatic rings. The smallest absolute Gasteiger partial charge is 0.304 e. The third kappa shape index (κ3) is 3.46. The Morgan fingerprint density at radius 2 is 1.89 bits per heavy atom. The lowest BCUT2D eigenvalue weighted by Gasteiger charge is -2.21. The van der Waals surface area contributed by atoms with Crippen LogP contribution in [0.3, 0.4) is 0 Å². The first kappa shape index (κ1) is 14.3. The zero-order valence-electron chi connectivity index (χ0n) is 10.1. The van der Waals surface area contributed by atoms with Crippen molar-refractivity contribution in [2.45, 2.75) is 30.2 Å². The summed E-state index contributed by atoms with van der Waals surface area (Å²) in [6, 6.07) is 5.83. The molecule has 1 aliphatic rings. The number of hydrogen-bond acceptors (Lipinski definition) is 3. The Kier molecular flexibility index (Phi) is 4.13. The summed E-state index contributed by atoms with van der Waals surface area (Å²) in [5, 5.41) is 9.16.